The zero-order valence-corrected chi connectivity index (χ0v) is 17.5. The van der Waals surface area contributed by atoms with Crippen LogP contribution in [0, 0.1) is 0 Å². The first-order valence-electron chi connectivity index (χ1n) is 10.4. The number of nitrogens with zero attached hydrogens (tertiary/aromatic N) is 1. The SMILES string of the molecule is COc1ccc([C@H]2c3ccccc3CC[C@@H]2N2C(=O)c3ccccc3C2=O)cc1OC. The fraction of sp³-hybridized carbons (Fsp3) is 0.231. The third-order valence-electron chi connectivity index (χ3n) is 6.41. The van der Waals surface area contributed by atoms with E-state index in [2.05, 4.69) is 12.1 Å². The van der Waals surface area contributed by atoms with E-state index in [9.17, 15) is 9.59 Å². The van der Waals surface area contributed by atoms with Crippen molar-refractivity contribution < 1.29 is 19.1 Å². The third-order valence-corrected chi connectivity index (χ3v) is 6.41. The molecule has 0 saturated carbocycles. The summed E-state index contributed by atoms with van der Waals surface area (Å²) < 4.78 is 10.9. The van der Waals surface area contributed by atoms with Crippen LogP contribution in [0.15, 0.2) is 66.7 Å². The summed E-state index contributed by atoms with van der Waals surface area (Å²) >= 11 is 0. The number of ether oxygens (including phenoxy) is 2. The molecule has 0 bridgehead atoms. The van der Waals surface area contributed by atoms with Crippen LogP contribution < -0.4 is 9.47 Å². The molecule has 0 unspecified atom stereocenters. The van der Waals surface area contributed by atoms with Crippen LogP contribution in [0.5, 0.6) is 11.5 Å². The molecule has 5 rings (SSSR count). The maximum absolute atomic E-state index is 13.3. The van der Waals surface area contributed by atoms with Crippen LogP contribution in [0.1, 0.15) is 49.7 Å². The van der Waals surface area contributed by atoms with E-state index in [4.69, 9.17) is 9.47 Å². The van der Waals surface area contributed by atoms with Gasteiger partial charge in [0.1, 0.15) is 0 Å². The summed E-state index contributed by atoms with van der Waals surface area (Å²) in [6.07, 6.45) is 1.53. The highest BCUT2D eigenvalue weighted by Gasteiger charge is 2.45. The summed E-state index contributed by atoms with van der Waals surface area (Å²) in [5.41, 5.74) is 4.35. The first-order valence-corrected chi connectivity index (χ1v) is 10.4. The third kappa shape index (κ3) is 3.00. The number of methoxy groups -OCH3 is 2. The van der Waals surface area contributed by atoms with E-state index in [0.717, 1.165) is 17.5 Å². The van der Waals surface area contributed by atoms with Gasteiger partial charge >= 0.3 is 0 Å². The molecule has 5 heteroatoms. The second-order valence-electron chi connectivity index (χ2n) is 7.92. The van der Waals surface area contributed by atoms with E-state index in [1.165, 1.54) is 10.5 Å². The average molecular weight is 413 g/mol. The van der Waals surface area contributed by atoms with Crippen molar-refractivity contribution in [3.63, 3.8) is 0 Å². The Kier molecular flexibility index (Phi) is 4.74. The Morgan fingerprint density at radius 1 is 0.806 bits per heavy atom. The number of carbonyl (C=O) groups excluding carboxylic acids is 2. The Balaban J connectivity index is 1.64. The Morgan fingerprint density at radius 3 is 2.13 bits per heavy atom. The monoisotopic (exact) mass is 413 g/mol. The molecule has 2 atom stereocenters. The van der Waals surface area contributed by atoms with Gasteiger partial charge in [-0.3, -0.25) is 14.5 Å². The van der Waals surface area contributed by atoms with E-state index in [1.807, 2.05) is 30.3 Å². The summed E-state index contributed by atoms with van der Waals surface area (Å²) in [5.74, 6) is 0.703. The summed E-state index contributed by atoms with van der Waals surface area (Å²) in [7, 11) is 3.22. The Labute approximate surface area is 181 Å². The van der Waals surface area contributed by atoms with Crippen LogP contribution in [-0.2, 0) is 6.42 Å². The molecule has 0 fully saturated rings. The molecule has 31 heavy (non-hydrogen) atoms. The fourth-order valence-electron chi connectivity index (χ4n) is 4.98. The van der Waals surface area contributed by atoms with E-state index in [-0.39, 0.29) is 23.8 Å². The highest BCUT2D eigenvalue weighted by atomic mass is 16.5. The molecule has 0 radical (unpaired) electrons. The Morgan fingerprint density at radius 2 is 1.45 bits per heavy atom. The van der Waals surface area contributed by atoms with Gasteiger partial charge in [-0.1, -0.05) is 42.5 Å². The molecule has 0 aromatic heterocycles. The molecular weight excluding hydrogens is 390 g/mol. The van der Waals surface area contributed by atoms with Gasteiger partial charge in [-0.25, -0.2) is 0 Å². The highest BCUT2D eigenvalue weighted by Crippen LogP contribution is 2.43. The standard InChI is InChI=1S/C26H23NO4/c1-30-22-14-12-17(15-23(22)31-2)24-18-8-4-3-7-16(18)11-13-21(24)27-25(28)19-9-5-6-10-20(19)26(27)29/h3-10,12,14-15,21,24H,11,13H2,1-2H3/t21-,24-/m0/s1. The van der Waals surface area contributed by atoms with Gasteiger partial charge in [-0.2, -0.15) is 0 Å². The quantitative estimate of drug-likeness (QED) is 0.593. The van der Waals surface area contributed by atoms with Crippen molar-refractivity contribution in [2.24, 2.45) is 0 Å². The normalized spacial score (nSPS) is 19.7. The number of aryl methyl sites for hydroxylation is 1. The first kappa shape index (κ1) is 19.4. The van der Waals surface area contributed by atoms with E-state index >= 15 is 0 Å². The summed E-state index contributed by atoms with van der Waals surface area (Å²) in [6, 6.07) is 20.9. The van der Waals surface area contributed by atoms with Crippen LogP contribution in [0.2, 0.25) is 0 Å². The predicted octanol–water partition coefficient (Wildman–Crippen LogP) is 4.45. The molecule has 1 aliphatic heterocycles. The second-order valence-corrected chi connectivity index (χ2v) is 7.92. The van der Waals surface area contributed by atoms with Gasteiger partial charge in [-0.05, 0) is 53.8 Å². The minimum absolute atomic E-state index is 0.146. The molecule has 2 aliphatic rings. The number of carbonyl (C=O) groups is 2. The maximum atomic E-state index is 13.3. The number of benzene rings is 3. The Hall–Kier alpha value is -3.60. The molecule has 3 aromatic rings. The van der Waals surface area contributed by atoms with Crippen LogP contribution in [0.4, 0.5) is 0 Å². The van der Waals surface area contributed by atoms with Gasteiger partial charge < -0.3 is 9.47 Å². The van der Waals surface area contributed by atoms with Crippen molar-refractivity contribution in [1.29, 1.82) is 0 Å². The zero-order chi connectivity index (χ0) is 21.5. The van der Waals surface area contributed by atoms with Gasteiger partial charge in [0.05, 0.1) is 31.4 Å². The molecule has 2 amide bonds. The highest BCUT2D eigenvalue weighted by molar-refractivity contribution is 6.21. The van der Waals surface area contributed by atoms with Crippen molar-refractivity contribution in [2.75, 3.05) is 14.2 Å². The van der Waals surface area contributed by atoms with Gasteiger partial charge in [0.15, 0.2) is 11.5 Å². The summed E-state index contributed by atoms with van der Waals surface area (Å²) in [4.78, 5) is 28.0. The van der Waals surface area contributed by atoms with Crippen molar-refractivity contribution >= 4 is 11.8 Å². The molecule has 1 aliphatic carbocycles. The zero-order valence-electron chi connectivity index (χ0n) is 17.5. The number of fused-ring (bicyclic) bond motifs is 2. The van der Waals surface area contributed by atoms with Crippen LogP contribution in [0.3, 0.4) is 0 Å². The number of hydrogen-bond acceptors (Lipinski definition) is 4. The lowest BCUT2D eigenvalue weighted by molar-refractivity contribution is 0.0555. The fourth-order valence-corrected chi connectivity index (χ4v) is 4.98. The lowest BCUT2D eigenvalue weighted by Gasteiger charge is -2.38. The average Bonchev–Trinajstić information content (AvgIpc) is 3.08. The first-order chi connectivity index (χ1) is 15.1. The molecule has 3 aromatic carbocycles. The van der Waals surface area contributed by atoms with Gasteiger partial charge in [0.2, 0.25) is 0 Å². The van der Waals surface area contributed by atoms with Gasteiger partial charge in [0.25, 0.3) is 11.8 Å². The van der Waals surface area contributed by atoms with E-state index in [1.54, 1.807) is 38.5 Å². The largest absolute Gasteiger partial charge is 0.493 e. The molecule has 0 N–H and O–H groups in total. The predicted molar refractivity (Wildman–Crippen MR) is 117 cm³/mol. The number of rotatable bonds is 4. The van der Waals surface area contributed by atoms with Crippen LogP contribution in [-0.4, -0.2) is 37.0 Å². The van der Waals surface area contributed by atoms with Crippen molar-refractivity contribution in [3.8, 4) is 11.5 Å². The summed E-state index contributed by atoms with van der Waals surface area (Å²) in [6.45, 7) is 0. The van der Waals surface area contributed by atoms with Gasteiger partial charge in [-0.15, -0.1) is 0 Å². The molecule has 5 nitrogen and oxygen atoms in total. The molecule has 1 heterocycles. The molecule has 0 saturated heterocycles. The Bertz CT molecular complexity index is 1150. The van der Waals surface area contributed by atoms with Crippen molar-refractivity contribution in [2.45, 2.75) is 24.8 Å². The lowest BCUT2D eigenvalue weighted by Crippen LogP contribution is -2.45. The topological polar surface area (TPSA) is 55.8 Å². The van der Waals surface area contributed by atoms with E-state index in [0.29, 0.717) is 29.0 Å². The molecule has 156 valence electrons. The van der Waals surface area contributed by atoms with Crippen LogP contribution in [0.25, 0.3) is 0 Å². The van der Waals surface area contributed by atoms with Crippen LogP contribution >= 0.6 is 0 Å². The summed E-state index contributed by atoms with van der Waals surface area (Å²) in [5, 5.41) is 0. The molecular formula is C26H23NO4. The van der Waals surface area contributed by atoms with E-state index < -0.39 is 0 Å². The number of hydrogen-bond donors (Lipinski definition) is 0. The minimum atomic E-state index is -0.277. The lowest BCUT2D eigenvalue weighted by atomic mass is 9.75. The number of imide groups is 1. The smallest absolute Gasteiger partial charge is 0.261 e. The minimum Gasteiger partial charge on any atom is -0.493 e. The second kappa shape index (κ2) is 7.58. The van der Waals surface area contributed by atoms with Crippen molar-refractivity contribution in [1.82, 2.24) is 4.90 Å². The van der Waals surface area contributed by atoms with Gasteiger partial charge in [0, 0.05) is 5.92 Å². The maximum Gasteiger partial charge on any atom is 0.261 e. The van der Waals surface area contributed by atoms with Crippen molar-refractivity contribution in [3.05, 3.63) is 94.5 Å². The molecule has 0 spiro atoms. The number of amides is 2.